The summed E-state index contributed by atoms with van der Waals surface area (Å²) in [5.41, 5.74) is 22.5. The molecular formula is C56H65N6O25P4+. The Bertz CT molecular complexity index is 3520. The highest BCUT2D eigenvalue weighted by Gasteiger charge is 2.37. The Balaban J connectivity index is 0.000000366. The number of carboxylic acids is 6. The van der Waals surface area contributed by atoms with Crippen molar-refractivity contribution >= 4 is 104 Å². The minimum Gasteiger partial charge on any atom is -0.508 e. The molecule has 8 atom stereocenters. The fourth-order valence-electron chi connectivity index (χ4n) is 8.14. The van der Waals surface area contributed by atoms with Gasteiger partial charge in [0, 0.05) is 47.0 Å². The Labute approximate surface area is 523 Å². The largest absolute Gasteiger partial charge is 0.508 e. The SMILES string of the molecule is Cc1c(O)c(O)c(C)c2c1CC(C(=O)O)N2.NC(CC1=CC(=O)C(=O)C=C1)C(=O)O.NC(Cc1ccc(O)c(O)c1)C(=O)O.NC(Cc1ccc(O)cc1)C(=O)O.O=C(O)C1Cc2cc(O)c(O)cc2N1.O=C1C=C2CC(C(=O)O)[NH+]=C2C=C1O.O=PP.O=PP. The molecule has 23 N–H and O–H groups in total. The molecule has 0 spiro atoms. The molecule has 8 unspecified atom stereocenters. The van der Waals surface area contributed by atoms with Crippen LogP contribution in [0.15, 0.2) is 102 Å². The normalized spacial score (nSPS) is 16.8. The second-order valence-corrected chi connectivity index (χ2v) is 21.1. The summed E-state index contributed by atoms with van der Waals surface area (Å²) in [6.07, 6.45) is 7.53. The number of aliphatic hydroxyl groups excluding tert-OH is 1. The molecule has 5 aliphatic rings. The number of carbonyl (C=O) groups is 9. The second-order valence-electron chi connectivity index (χ2n) is 19.4. The predicted molar refractivity (Wildman–Crippen MR) is 331 cm³/mol. The molecule has 91 heavy (non-hydrogen) atoms. The number of hydrogen-bond donors (Lipinski definition) is 20. The topological polar surface area (TPSA) is 587 Å². The van der Waals surface area contributed by atoms with Crippen LogP contribution in [0.4, 0.5) is 11.4 Å². The first-order valence-electron chi connectivity index (χ1n) is 25.9. The number of allylic oxidation sites excluding steroid dienone is 5. The highest BCUT2D eigenvalue weighted by molar-refractivity contribution is 7.96. The molecular weight excluding hydrogens is 1280 g/mol. The van der Waals surface area contributed by atoms with Gasteiger partial charge in [-0.1, -0.05) is 24.3 Å². The molecule has 3 heterocycles. The zero-order valence-electron chi connectivity index (χ0n) is 47.8. The molecule has 4 aromatic rings. The van der Waals surface area contributed by atoms with Gasteiger partial charge in [0.15, 0.2) is 56.6 Å². The van der Waals surface area contributed by atoms with E-state index in [1.165, 1.54) is 60.7 Å². The van der Waals surface area contributed by atoms with E-state index in [4.69, 9.17) is 77.4 Å². The molecule has 0 saturated carbocycles. The lowest BCUT2D eigenvalue weighted by Crippen LogP contribution is -2.78. The van der Waals surface area contributed by atoms with E-state index < -0.39 is 89.4 Å². The van der Waals surface area contributed by atoms with Crippen LogP contribution in [0.2, 0.25) is 0 Å². The average Bonchev–Trinajstić information content (AvgIpc) is 1.73. The van der Waals surface area contributed by atoms with Crippen molar-refractivity contribution in [3.63, 3.8) is 0 Å². The van der Waals surface area contributed by atoms with Crippen LogP contribution in [0.25, 0.3) is 0 Å². The van der Waals surface area contributed by atoms with Gasteiger partial charge in [-0.3, -0.25) is 37.9 Å². The third-order valence-electron chi connectivity index (χ3n) is 12.9. The first-order chi connectivity index (χ1) is 42.5. The van der Waals surface area contributed by atoms with E-state index in [0.717, 1.165) is 23.3 Å². The van der Waals surface area contributed by atoms with Gasteiger partial charge in [-0.05, 0) is 127 Å². The maximum Gasteiger partial charge on any atom is 0.373 e. The Hall–Kier alpha value is -9.72. The minimum atomic E-state index is -1.14. The summed E-state index contributed by atoms with van der Waals surface area (Å²) in [5.74, 6) is -9.35. The van der Waals surface area contributed by atoms with Crippen LogP contribution in [-0.4, -0.2) is 167 Å². The first kappa shape index (κ1) is 77.4. The molecule has 35 heteroatoms. The van der Waals surface area contributed by atoms with Crippen LogP contribution in [0.3, 0.4) is 0 Å². The number of aromatic hydroxyl groups is 7. The molecule has 0 amide bonds. The quantitative estimate of drug-likeness (QED) is 0.0241. The summed E-state index contributed by atoms with van der Waals surface area (Å²) in [6.45, 7) is 3.31. The number of benzene rings is 4. The van der Waals surface area contributed by atoms with Gasteiger partial charge in [-0.2, -0.15) is 0 Å². The van der Waals surface area contributed by atoms with Crippen LogP contribution >= 0.6 is 34.2 Å². The third-order valence-corrected chi connectivity index (χ3v) is 12.9. The van der Waals surface area contributed by atoms with Crippen LogP contribution in [0.5, 0.6) is 40.2 Å². The Morgan fingerprint density at radius 3 is 1.55 bits per heavy atom. The third kappa shape index (κ3) is 24.3. The van der Waals surface area contributed by atoms with E-state index in [1.807, 2.05) is 17.9 Å². The molecule has 0 saturated heterocycles. The van der Waals surface area contributed by atoms with Crippen molar-refractivity contribution in [3.05, 3.63) is 135 Å². The molecule has 488 valence electrons. The van der Waals surface area contributed by atoms with Gasteiger partial charge in [-0.15, -0.1) is 0 Å². The summed E-state index contributed by atoms with van der Waals surface area (Å²) in [7, 11) is 4.16. The van der Waals surface area contributed by atoms with E-state index in [0.29, 0.717) is 63.3 Å². The smallest absolute Gasteiger partial charge is 0.373 e. The van der Waals surface area contributed by atoms with Gasteiger partial charge >= 0.3 is 35.8 Å². The number of ketones is 3. The number of phenols is 7. The van der Waals surface area contributed by atoms with Crippen molar-refractivity contribution in [1.29, 1.82) is 0 Å². The lowest BCUT2D eigenvalue weighted by Gasteiger charge is -2.12. The summed E-state index contributed by atoms with van der Waals surface area (Å²) in [6, 6.07) is 8.11. The van der Waals surface area contributed by atoms with Gasteiger partial charge in [-0.25, -0.2) is 19.4 Å². The summed E-state index contributed by atoms with van der Waals surface area (Å²) in [4.78, 5) is 98.7. The number of phenolic OH excluding ortho intramolecular Hbond substituents is 7. The fraction of sp³-hybridized carbons (Fsp3) is 0.250. The zero-order chi connectivity index (χ0) is 69.3. The molecule has 0 radical (unpaired) electrons. The average molecular weight is 1350 g/mol. The van der Waals surface area contributed by atoms with Gasteiger partial charge in [0.1, 0.15) is 36.0 Å². The van der Waals surface area contributed by atoms with Crippen molar-refractivity contribution < 1.29 is 129 Å². The van der Waals surface area contributed by atoms with E-state index in [2.05, 4.69) is 15.6 Å². The van der Waals surface area contributed by atoms with E-state index >= 15 is 0 Å². The number of aliphatic carboxylic acids is 6. The number of anilines is 2. The molecule has 0 bridgehead atoms. The van der Waals surface area contributed by atoms with Crippen LogP contribution in [0.1, 0.15) is 46.2 Å². The van der Waals surface area contributed by atoms with Crippen molar-refractivity contribution in [3.8, 4) is 40.2 Å². The van der Waals surface area contributed by atoms with Crippen LogP contribution in [0, 0.1) is 13.8 Å². The molecule has 3 aliphatic heterocycles. The first-order valence-corrected chi connectivity index (χ1v) is 30.7. The number of carboxylic acid groups (broad SMARTS) is 6. The van der Waals surface area contributed by atoms with Crippen molar-refractivity contribution in [2.24, 2.45) is 17.2 Å². The van der Waals surface area contributed by atoms with Crippen molar-refractivity contribution in [2.75, 3.05) is 10.6 Å². The summed E-state index contributed by atoms with van der Waals surface area (Å²) >= 11 is 0. The lowest BCUT2D eigenvalue weighted by molar-refractivity contribution is -0.480. The number of hydrogen-bond acceptors (Lipinski definition) is 24. The molecule has 4 aromatic carbocycles. The molecule has 31 nitrogen and oxygen atoms in total. The fourth-order valence-corrected chi connectivity index (χ4v) is 8.14. The molecule has 0 fully saturated rings. The number of fused-ring (bicyclic) bond motifs is 3. The van der Waals surface area contributed by atoms with Gasteiger partial charge in [0.2, 0.25) is 23.1 Å². The highest BCUT2D eigenvalue weighted by atomic mass is 32.0. The standard InChI is InChI=1S/C11H13NO4.C9H9NO4.C9H7NO4.C9H11NO4.C9H9NO4.C9H11NO3.2H2OP2/c1-4-6-3-7(11(15)16)12-8(6)5(2)10(14)9(4)13;2*11-7-2-4-1-6(9(13)14)10-5(4)3-8(7)12;2*10-6(9(13)14)3-5-1-2-7(11)8(12)4-5;10-8(9(12)13)5-6-1-3-7(11)4-2-6;2*1-3-2/h7,12-14H,3H2,1-2H3,(H,15,16);2-3,6,10-12H,1H2,(H,13,14);2-3,6,12H,1H2,(H,13,14);1-2,4,6,11-12H,3,10H2,(H,13,14);1-2,4,6H,3,10H2,(H,13,14);1-4,8,11H,5,10H2,(H,12,13);2*2H2/p+1. The van der Waals surface area contributed by atoms with Crippen LogP contribution in [-0.2, 0) is 78.0 Å². The van der Waals surface area contributed by atoms with E-state index in [1.54, 1.807) is 26.0 Å². The van der Waals surface area contributed by atoms with Gasteiger partial charge in [0.25, 0.3) is 6.04 Å². The Kier molecular flexibility index (Phi) is 31.2. The summed E-state index contributed by atoms with van der Waals surface area (Å²) in [5, 5.41) is 131. The molecule has 9 rings (SSSR count). The highest BCUT2D eigenvalue weighted by Crippen LogP contribution is 2.44. The number of carbonyl (C=O) groups excluding carboxylic acids is 3. The monoisotopic (exact) mass is 1350 g/mol. The van der Waals surface area contributed by atoms with E-state index in [-0.39, 0.29) is 88.0 Å². The van der Waals surface area contributed by atoms with Gasteiger partial charge < -0.3 is 99.3 Å². The number of nitrogens with one attached hydrogen (secondary N) is 3. The van der Waals surface area contributed by atoms with Crippen LogP contribution < -0.4 is 32.8 Å². The van der Waals surface area contributed by atoms with Crippen molar-refractivity contribution in [1.82, 2.24) is 0 Å². The minimum absolute atomic E-state index is 0.0465. The maximum absolute atomic E-state index is 11.0. The zero-order valence-corrected chi connectivity index (χ0v) is 51.9. The van der Waals surface area contributed by atoms with Crippen molar-refractivity contribution in [2.45, 2.75) is 88.6 Å². The number of rotatable bonds is 12. The maximum atomic E-state index is 11.0. The van der Waals surface area contributed by atoms with Gasteiger partial charge in [0.05, 0.1) is 12.5 Å². The Morgan fingerprint density at radius 2 is 1.04 bits per heavy atom. The van der Waals surface area contributed by atoms with E-state index in [9.17, 15) is 63.6 Å². The Morgan fingerprint density at radius 1 is 0.560 bits per heavy atom. The predicted octanol–water partition coefficient (Wildman–Crippen LogP) is 1.93. The lowest BCUT2D eigenvalue weighted by atomic mass is 9.99. The number of nitrogens with two attached hydrogens (primary N) is 3. The molecule has 2 aliphatic carbocycles. The molecule has 0 aromatic heterocycles. The number of aliphatic hydroxyl groups is 1. The second kappa shape index (κ2) is 36.7. The summed E-state index contributed by atoms with van der Waals surface area (Å²) < 4.78 is 17.7.